The molecule has 0 bridgehead atoms. The third kappa shape index (κ3) is 1.99. The Hall–Kier alpha value is -1.15. The summed E-state index contributed by atoms with van der Waals surface area (Å²) in [5.41, 5.74) is 2.60. The summed E-state index contributed by atoms with van der Waals surface area (Å²) in [5, 5.41) is 0. The lowest BCUT2D eigenvalue weighted by atomic mass is 10.3. The van der Waals surface area contributed by atoms with E-state index in [9.17, 15) is 4.39 Å². The van der Waals surface area contributed by atoms with Gasteiger partial charge in [0.2, 0.25) is 0 Å². The number of nitrogens with one attached hydrogen (secondary N) is 1. The van der Waals surface area contributed by atoms with Crippen molar-refractivity contribution < 1.29 is 8.81 Å². The first kappa shape index (κ1) is 11.9. The van der Waals surface area contributed by atoms with E-state index in [0.717, 1.165) is 16.6 Å². The van der Waals surface area contributed by atoms with Crippen molar-refractivity contribution in [2.24, 2.45) is 0 Å². The van der Waals surface area contributed by atoms with Gasteiger partial charge in [0.25, 0.3) is 0 Å². The quantitative estimate of drug-likeness (QED) is 0.542. The van der Waals surface area contributed by atoms with Gasteiger partial charge in [-0.1, -0.05) is 0 Å². The second kappa shape index (κ2) is 4.51. The van der Waals surface area contributed by atoms with Gasteiger partial charge in [-0.3, -0.25) is 0 Å². The lowest BCUT2D eigenvalue weighted by Gasteiger charge is -2.02. The van der Waals surface area contributed by atoms with E-state index in [1.165, 1.54) is 6.07 Å². The number of H-pyrrole nitrogens is 1. The van der Waals surface area contributed by atoms with Crippen molar-refractivity contribution in [2.75, 3.05) is 0 Å². The molecule has 0 atom stereocenters. The SMILES string of the molecule is Fc1cc2c(cc1I)[nH]c(=S)n2Cc1ccoc1. The van der Waals surface area contributed by atoms with E-state index in [1.54, 1.807) is 18.6 Å². The third-order valence-electron chi connectivity index (χ3n) is 2.74. The molecule has 0 spiro atoms. The van der Waals surface area contributed by atoms with Gasteiger partial charge in [0.05, 0.1) is 33.7 Å². The summed E-state index contributed by atoms with van der Waals surface area (Å²) >= 11 is 7.23. The predicted molar refractivity (Wildman–Crippen MR) is 77.6 cm³/mol. The zero-order chi connectivity index (χ0) is 12.7. The van der Waals surface area contributed by atoms with Crippen LogP contribution in [-0.4, -0.2) is 9.55 Å². The molecule has 0 amide bonds. The molecule has 0 aliphatic carbocycles. The second-order valence-electron chi connectivity index (χ2n) is 3.93. The Morgan fingerprint density at radius 1 is 1.44 bits per heavy atom. The van der Waals surface area contributed by atoms with Crippen LogP contribution in [-0.2, 0) is 6.54 Å². The number of rotatable bonds is 2. The molecule has 0 fully saturated rings. The number of benzene rings is 1. The minimum atomic E-state index is -0.238. The first-order chi connectivity index (χ1) is 8.65. The lowest BCUT2D eigenvalue weighted by molar-refractivity contribution is 0.562. The molecule has 18 heavy (non-hydrogen) atoms. The number of hydrogen-bond donors (Lipinski definition) is 1. The highest BCUT2D eigenvalue weighted by atomic mass is 127. The van der Waals surface area contributed by atoms with E-state index in [4.69, 9.17) is 16.6 Å². The maximum atomic E-state index is 13.6. The van der Waals surface area contributed by atoms with Crippen LogP contribution in [0.25, 0.3) is 11.0 Å². The van der Waals surface area contributed by atoms with Crippen molar-refractivity contribution in [1.82, 2.24) is 9.55 Å². The number of furan rings is 1. The fourth-order valence-corrected chi connectivity index (χ4v) is 2.61. The summed E-state index contributed by atoms with van der Waals surface area (Å²) in [4.78, 5) is 3.08. The van der Waals surface area contributed by atoms with E-state index in [-0.39, 0.29) is 5.82 Å². The maximum absolute atomic E-state index is 13.6. The summed E-state index contributed by atoms with van der Waals surface area (Å²) in [6.45, 7) is 0.565. The molecule has 0 aliphatic heterocycles. The monoisotopic (exact) mass is 374 g/mol. The van der Waals surface area contributed by atoms with Gasteiger partial charge in [-0.25, -0.2) is 4.39 Å². The van der Waals surface area contributed by atoms with Crippen LogP contribution in [0.5, 0.6) is 0 Å². The highest BCUT2D eigenvalue weighted by Gasteiger charge is 2.09. The molecule has 1 aromatic carbocycles. The Labute approximate surface area is 121 Å². The highest BCUT2D eigenvalue weighted by Crippen LogP contribution is 2.21. The highest BCUT2D eigenvalue weighted by molar-refractivity contribution is 14.1. The van der Waals surface area contributed by atoms with Gasteiger partial charge >= 0.3 is 0 Å². The Kier molecular flexibility index (Phi) is 2.98. The van der Waals surface area contributed by atoms with Gasteiger partial charge in [-0.05, 0) is 46.9 Å². The Morgan fingerprint density at radius 2 is 2.28 bits per heavy atom. The number of nitrogens with zero attached hydrogens (tertiary/aromatic N) is 1. The Bertz CT molecular complexity index is 760. The van der Waals surface area contributed by atoms with E-state index in [2.05, 4.69) is 4.98 Å². The molecule has 0 saturated heterocycles. The molecule has 0 unspecified atom stereocenters. The summed E-state index contributed by atoms with van der Waals surface area (Å²) in [6, 6.07) is 5.13. The molecular formula is C12H8FIN2OS. The smallest absolute Gasteiger partial charge is 0.178 e. The maximum Gasteiger partial charge on any atom is 0.178 e. The molecule has 92 valence electrons. The van der Waals surface area contributed by atoms with Crippen LogP contribution in [0.3, 0.4) is 0 Å². The zero-order valence-electron chi connectivity index (χ0n) is 9.11. The molecule has 0 aliphatic rings. The normalized spacial score (nSPS) is 11.2. The second-order valence-corrected chi connectivity index (χ2v) is 5.48. The number of halogens is 2. The summed E-state index contributed by atoms with van der Waals surface area (Å²) in [7, 11) is 0. The summed E-state index contributed by atoms with van der Waals surface area (Å²) in [5.74, 6) is -0.238. The largest absolute Gasteiger partial charge is 0.472 e. The molecule has 2 heterocycles. The standard InChI is InChI=1S/C12H8FIN2OS/c13-8-3-11-10(4-9(8)14)15-12(18)16(11)5-7-1-2-17-6-7/h1-4,6H,5H2,(H,15,18). The van der Waals surface area contributed by atoms with E-state index >= 15 is 0 Å². The first-order valence-electron chi connectivity index (χ1n) is 5.24. The van der Waals surface area contributed by atoms with Crippen molar-refractivity contribution in [1.29, 1.82) is 0 Å². The topological polar surface area (TPSA) is 33.9 Å². The van der Waals surface area contributed by atoms with Crippen LogP contribution < -0.4 is 0 Å². The number of hydrogen-bond acceptors (Lipinski definition) is 2. The van der Waals surface area contributed by atoms with Gasteiger partial charge in [-0.15, -0.1) is 0 Å². The molecule has 6 heteroatoms. The van der Waals surface area contributed by atoms with E-state index in [0.29, 0.717) is 14.9 Å². The zero-order valence-corrected chi connectivity index (χ0v) is 12.1. The molecule has 0 saturated carbocycles. The van der Waals surface area contributed by atoms with Crippen LogP contribution in [0.1, 0.15) is 5.56 Å². The van der Waals surface area contributed by atoms with Crippen molar-refractivity contribution in [3.05, 3.63) is 50.4 Å². The number of aromatic amines is 1. The summed E-state index contributed by atoms with van der Waals surface area (Å²) in [6.07, 6.45) is 3.26. The van der Waals surface area contributed by atoms with Crippen LogP contribution >= 0.6 is 34.8 Å². The van der Waals surface area contributed by atoms with Crippen molar-refractivity contribution in [3.8, 4) is 0 Å². The molecule has 3 nitrogen and oxygen atoms in total. The van der Waals surface area contributed by atoms with E-state index in [1.807, 2.05) is 33.2 Å². The summed E-state index contributed by atoms with van der Waals surface area (Å²) < 4.78 is 21.7. The van der Waals surface area contributed by atoms with Gasteiger partial charge in [-0.2, -0.15) is 0 Å². The number of fused-ring (bicyclic) bond motifs is 1. The number of aromatic nitrogens is 2. The van der Waals surface area contributed by atoms with Crippen molar-refractivity contribution >= 4 is 45.8 Å². The molecule has 3 rings (SSSR count). The lowest BCUT2D eigenvalue weighted by Crippen LogP contribution is -1.98. The molecule has 1 N–H and O–H groups in total. The van der Waals surface area contributed by atoms with Crippen LogP contribution in [0.4, 0.5) is 4.39 Å². The minimum absolute atomic E-state index is 0.238. The Morgan fingerprint density at radius 3 is 3.00 bits per heavy atom. The average molecular weight is 374 g/mol. The van der Waals surface area contributed by atoms with Gasteiger partial charge < -0.3 is 14.0 Å². The fraction of sp³-hybridized carbons (Fsp3) is 0.0833. The van der Waals surface area contributed by atoms with Gasteiger partial charge in [0.15, 0.2) is 4.77 Å². The molecule has 2 aromatic heterocycles. The molecule has 0 radical (unpaired) electrons. The van der Waals surface area contributed by atoms with Crippen LogP contribution in [0.15, 0.2) is 35.1 Å². The van der Waals surface area contributed by atoms with E-state index < -0.39 is 0 Å². The minimum Gasteiger partial charge on any atom is -0.472 e. The van der Waals surface area contributed by atoms with Gasteiger partial charge in [0, 0.05) is 11.6 Å². The third-order valence-corrected chi connectivity index (χ3v) is 3.89. The molecule has 3 aromatic rings. The average Bonchev–Trinajstić information content (AvgIpc) is 2.92. The Balaban J connectivity index is 2.19. The van der Waals surface area contributed by atoms with Gasteiger partial charge in [0.1, 0.15) is 5.82 Å². The predicted octanol–water partition coefficient (Wildman–Crippen LogP) is 4.08. The van der Waals surface area contributed by atoms with Crippen molar-refractivity contribution in [2.45, 2.75) is 6.54 Å². The first-order valence-corrected chi connectivity index (χ1v) is 6.72. The van der Waals surface area contributed by atoms with Crippen LogP contribution in [0, 0.1) is 14.2 Å². The fourth-order valence-electron chi connectivity index (χ4n) is 1.87. The van der Waals surface area contributed by atoms with Crippen LogP contribution in [0.2, 0.25) is 0 Å². The molecular weight excluding hydrogens is 366 g/mol. The number of imidazole rings is 1. The van der Waals surface area contributed by atoms with Crippen molar-refractivity contribution in [3.63, 3.8) is 0 Å².